The van der Waals surface area contributed by atoms with Gasteiger partial charge in [0.25, 0.3) is 0 Å². The van der Waals surface area contributed by atoms with Gasteiger partial charge in [0.05, 0.1) is 5.52 Å². The van der Waals surface area contributed by atoms with Crippen molar-refractivity contribution in [1.29, 1.82) is 0 Å². The van der Waals surface area contributed by atoms with E-state index in [0.717, 1.165) is 29.7 Å². The molecule has 0 amide bonds. The van der Waals surface area contributed by atoms with Crippen LogP contribution in [0.2, 0.25) is 0 Å². The molecule has 3 N–H and O–H groups in total. The Hall–Kier alpha value is -2.39. The normalized spacial score (nSPS) is 10.9. The first-order valence-corrected chi connectivity index (χ1v) is 7.64. The summed E-state index contributed by atoms with van der Waals surface area (Å²) in [6.45, 7) is 4.26. The quantitative estimate of drug-likeness (QED) is 0.564. The van der Waals surface area contributed by atoms with Gasteiger partial charge in [-0.15, -0.1) is 0 Å². The largest absolute Gasteiger partial charge is 0.308 e. The van der Waals surface area contributed by atoms with E-state index < -0.39 is 0 Å². The van der Waals surface area contributed by atoms with E-state index in [0.29, 0.717) is 0 Å². The molecule has 0 saturated carbocycles. The van der Waals surface area contributed by atoms with Crippen molar-refractivity contribution in [3.05, 3.63) is 70.8 Å². The van der Waals surface area contributed by atoms with E-state index in [2.05, 4.69) is 72.8 Å². The van der Waals surface area contributed by atoms with Crippen LogP contribution in [0.4, 0.5) is 5.82 Å². The average molecular weight is 291 g/mol. The van der Waals surface area contributed by atoms with Gasteiger partial charge in [-0.2, -0.15) is 0 Å². The molecule has 3 rings (SSSR count). The van der Waals surface area contributed by atoms with Crippen molar-refractivity contribution in [2.45, 2.75) is 26.7 Å². The molecule has 22 heavy (non-hydrogen) atoms. The Morgan fingerprint density at radius 1 is 1.00 bits per heavy atom. The lowest BCUT2D eigenvalue weighted by atomic mass is 10.0. The maximum atomic E-state index is 5.66. The van der Waals surface area contributed by atoms with Gasteiger partial charge >= 0.3 is 0 Å². The number of pyridine rings is 1. The Labute approximate surface area is 131 Å². The van der Waals surface area contributed by atoms with Crippen LogP contribution < -0.4 is 11.3 Å². The van der Waals surface area contributed by atoms with E-state index in [-0.39, 0.29) is 0 Å². The zero-order valence-electron chi connectivity index (χ0n) is 13.1. The van der Waals surface area contributed by atoms with Crippen LogP contribution in [-0.2, 0) is 12.8 Å². The zero-order chi connectivity index (χ0) is 15.5. The number of hydrogen-bond acceptors (Lipinski definition) is 3. The second-order valence-corrected chi connectivity index (χ2v) is 5.68. The Kier molecular flexibility index (Phi) is 4.07. The van der Waals surface area contributed by atoms with Gasteiger partial charge in [0.2, 0.25) is 0 Å². The number of nitrogens with zero attached hydrogens (tertiary/aromatic N) is 1. The maximum Gasteiger partial charge on any atom is 0.144 e. The van der Waals surface area contributed by atoms with Gasteiger partial charge in [-0.25, -0.2) is 10.8 Å². The number of nitrogens with one attached hydrogen (secondary N) is 1. The van der Waals surface area contributed by atoms with Crippen LogP contribution >= 0.6 is 0 Å². The summed E-state index contributed by atoms with van der Waals surface area (Å²) in [5.74, 6) is 6.41. The maximum absolute atomic E-state index is 5.66. The lowest BCUT2D eigenvalue weighted by molar-refractivity contribution is 1.12. The van der Waals surface area contributed by atoms with Crippen molar-refractivity contribution < 1.29 is 0 Å². The minimum atomic E-state index is 0.748. The molecule has 0 spiro atoms. The minimum absolute atomic E-state index is 0.748. The van der Waals surface area contributed by atoms with E-state index in [4.69, 9.17) is 5.84 Å². The summed E-state index contributed by atoms with van der Waals surface area (Å²) < 4.78 is 0. The first-order valence-electron chi connectivity index (χ1n) is 7.64. The standard InChI is InChI=1S/C19H21N3/c1-3-14-8-9-18-16(10-14)12-17(19(21-18)22-20)11-15-6-4-13(2)5-7-15/h4-10,12H,3,11,20H2,1-2H3,(H,21,22). The molecule has 1 heterocycles. The van der Waals surface area contributed by atoms with Gasteiger partial charge in [0, 0.05) is 17.4 Å². The summed E-state index contributed by atoms with van der Waals surface area (Å²) in [5, 5.41) is 1.17. The van der Waals surface area contributed by atoms with Gasteiger partial charge in [0.15, 0.2) is 0 Å². The number of nitrogen functional groups attached to an aromatic ring is 1. The molecule has 112 valence electrons. The van der Waals surface area contributed by atoms with Crippen LogP contribution in [0.15, 0.2) is 48.5 Å². The second-order valence-electron chi connectivity index (χ2n) is 5.68. The molecule has 0 fully saturated rings. The molecular weight excluding hydrogens is 270 g/mol. The van der Waals surface area contributed by atoms with Crippen molar-refractivity contribution in [3.63, 3.8) is 0 Å². The Morgan fingerprint density at radius 2 is 1.73 bits per heavy atom. The number of aromatic nitrogens is 1. The number of nitrogens with two attached hydrogens (primary N) is 1. The van der Waals surface area contributed by atoms with Crippen LogP contribution in [0.1, 0.15) is 29.2 Å². The van der Waals surface area contributed by atoms with Gasteiger partial charge < -0.3 is 5.43 Å². The third-order valence-corrected chi connectivity index (χ3v) is 4.02. The summed E-state index contributed by atoms with van der Waals surface area (Å²) in [4.78, 5) is 4.65. The number of benzene rings is 2. The third kappa shape index (κ3) is 2.95. The molecule has 0 unspecified atom stereocenters. The minimum Gasteiger partial charge on any atom is -0.308 e. The first kappa shape index (κ1) is 14.5. The van der Waals surface area contributed by atoms with Crippen LogP contribution in [-0.4, -0.2) is 4.98 Å². The van der Waals surface area contributed by atoms with Gasteiger partial charge in [-0.1, -0.05) is 42.8 Å². The first-order chi connectivity index (χ1) is 10.7. The Balaban J connectivity index is 2.04. The van der Waals surface area contributed by atoms with E-state index in [1.807, 2.05) is 0 Å². The third-order valence-electron chi connectivity index (χ3n) is 4.02. The molecule has 0 aliphatic rings. The topological polar surface area (TPSA) is 50.9 Å². The number of anilines is 1. The molecule has 0 saturated heterocycles. The predicted molar refractivity (Wildman–Crippen MR) is 92.9 cm³/mol. The Bertz CT molecular complexity index is 792. The van der Waals surface area contributed by atoms with E-state index in [1.165, 1.54) is 22.1 Å². The molecule has 0 aliphatic carbocycles. The molecule has 3 aromatic rings. The molecule has 0 aliphatic heterocycles. The van der Waals surface area contributed by atoms with Crippen LogP contribution in [0.3, 0.4) is 0 Å². The number of hydrogen-bond donors (Lipinski definition) is 2. The summed E-state index contributed by atoms with van der Waals surface area (Å²) >= 11 is 0. The number of fused-ring (bicyclic) bond motifs is 1. The van der Waals surface area contributed by atoms with E-state index in [9.17, 15) is 0 Å². The molecule has 0 bridgehead atoms. The Morgan fingerprint density at radius 3 is 2.41 bits per heavy atom. The zero-order valence-corrected chi connectivity index (χ0v) is 13.1. The van der Waals surface area contributed by atoms with Crippen LogP contribution in [0, 0.1) is 6.92 Å². The number of hydrazine groups is 1. The van der Waals surface area contributed by atoms with E-state index in [1.54, 1.807) is 0 Å². The molecule has 1 aromatic heterocycles. The average Bonchev–Trinajstić information content (AvgIpc) is 2.55. The summed E-state index contributed by atoms with van der Waals surface area (Å²) in [7, 11) is 0. The molecule has 3 nitrogen and oxygen atoms in total. The SMILES string of the molecule is CCc1ccc2nc(NN)c(Cc3ccc(C)cc3)cc2c1. The summed E-state index contributed by atoms with van der Waals surface area (Å²) in [6.07, 6.45) is 1.85. The molecular formula is C19H21N3. The van der Waals surface area contributed by atoms with Crippen molar-refractivity contribution in [2.24, 2.45) is 5.84 Å². The lowest BCUT2D eigenvalue weighted by Crippen LogP contribution is -2.11. The van der Waals surface area contributed by atoms with E-state index >= 15 is 0 Å². The van der Waals surface area contributed by atoms with Gasteiger partial charge in [-0.05, 0) is 42.7 Å². The van der Waals surface area contributed by atoms with Crippen molar-refractivity contribution in [2.75, 3.05) is 5.43 Å². The highest BCUT2D eigenvalue weighted by molar-refractivity contribution is 5.82. The van der Waals surface area contributed by atoms with Gasteiger partial charge in [-0.3, -0.25) is 0 Å². The molecule has 2 aromatic carbocycles. The molecule has 0 radical (unpaired) electrons. The van der Waals surface area contributed by atoms with Crippen LogP contribution in [0.25, 0.3) is 10.9 Å². The van der Waals surface area contributed by atoms with Gasteiger partial charge in [0.1, 0.15) is 5.82 Å². The number of rotatable bonds is 4. The fraction of sp³-hybridized carbons (Fsp3) is 0.211. The van der Waals surface area contributed by atoms with Crippen LogP contribution in [0.5, 0.6) is 0 Å². The van der Waals surface area contributed by atoms with Crippen molar-refractivity contribution in [1.82, 2.24) is 4.98 Å². The lowest BCUT2D eigenvalue weighted by Gasteiger charge is -2.11. The number of aryl methyl sites for hydroxylation is 2. The van der Waals surface area contributed by atoms with Crippen molar-refractivity contribution >= 4 is 16.7 Å². The fourth-order valence-corrected chi connectivity index (χ4v) is 2.68. The highest BCUT2D eigenvalue weighted by Crippen LogP contribution is 2.24. The fourth-order valence-electron chi connectivity index (χ4n) is 2.68. The molecule has 3 heteroatoms. The monoisotopic (exact) mass is 291 g/mol. The summed E-state index contributed by atoms with van der Waals surface area (Å²) in [6, 6.07) is 17.2. The highest BCUT2D eigenvalue weighted by atomic mass is 15.2. The molecule has 0 atom stereocenters. The van der Waals surface area contributed by atoms with Crippen molar-refractivity contribution in [3.8, 4) is 0 Å². The highest BCUT2D eigenvalue weighted by Gasteiger charge is 2.07. The smallest absolute Gasteiger partial charge is 0.144 e. The summed E-state index contributed by atoms with van der Waals surface area (Å²) in [5.41, 5.74) is 8.68. The second kappa shape index (κ2) is 6.16. The predicted octanol–water partition coefficient (Wildman–Crippen LogP) is 3.98.